The maximum atomic E-state index is 14.8. The first-order chi connectivity index (χ1) is 19.4. The first-order valence-corrected chi connectivity index (χ1v) is 14.3. The molecule has 0 saturated carbocycles. The van der Waals surface area contributed by atoms with Gasteiger partial charge in [-0.05, 0) is 59.5 Å². The fourth-order valence-corrected chi connectivity index (χ4v) is 5.61. The summed E-state index contributed by atoms with van der Waals surface area (Å²) in [6, 6.07) is 24.6. The number of ketones is 1. The molecule has 0 fully saturated rings. The van der Waals surface area contributed by atoms with E-state index in [1.165, 1.54) is 55.6 Å². The van der Waals surface area contributed by atoms with Crippen LogP contribution in [0.15, 0.2) is 102 Å². The molecule has 0 aliphatic heterocycles. The summed E-state index contributed by atoms with van der Waals surface area (Å²) in [4.78, 5) is 26.1. The topological polar surface area (TPSA) is 92.8 Å². The van der Waals surface area contributed by atoms with Crippen molar-refractivity contribution in [3.8, 4) is 5.75 Å². The fourth-order valence-electron chi connectivity index (χ4n) is 4.19. The minimum Gasteiger partial charge on any atom is -0.497 e. The number of nitrogens with one attached hydrogen (secondary N) is 1. The number of benzene rings is 4. The molecule has 0 radical (unpaired) electrons. The van der Waals surface area contributed by atoms with E-state index in [-0.39, 0.29) is 21.8 Å². The van der Waals surface area contributed by atoms with Gasteiger partial charge in [0.1, 0.15) is 18.1 Å². The van der Waals surface area contributed by atoms with Gasteiger partial charge in [0.05, 0.1) is 17.7 Å². The van der Waals surface area contributed by atoms with E-state index in [4.69, 9.17) is 4.74 Å². The van der Waals surface area contributed by atoms with E-state index in [0.29, 0.717) is 26.9 Å². The molecule has 1 N–H and O–H groups in total. The number of rotatable bonds is 9. The number of sulfonamides is 1. The lowest BCUT2D eigenvalue weighted by molar-refractivity contribution is -0.114. The number of carbonyl (C=O) groups is 2. The van der Waals surface area contributed by atoms with Gasteiger partial charge in [-0.2, -0.15) is 0 Å². The number of methoxy groups -OCH3 is 1. The highest BCUT2D eigenvalue weighted by Gasteiger charge is 2.29. The van der Waals surface area contributed by atoms with Crippen LogP contribution in [0.1, 0.15) is 42.3 Å². The third-order valence-corrected chi connectivity index (χ3v) is 8.25. The Labute approximate surface area is 239 Å². The normalized spacial score (nSPS) is 11.5. The van der Waals surface area contributed by atoms with E-state index < -0.39 is 28.3 Å². The Hall–Kier alpha value is -4.50. The van der Waals surface area contributed by atoms with Crippen LogP contribution >= 0.6 is 0 Å². The highest BCUT2D eigenvalue weighted by molar-refractivity contribution is 7.92. The summed E-state index contributed by atoms with van der Waals surface area (Å²) >= 11 is 0. The number of carbonyl (C=O) groups excluding carboxylic acids is 2. The zero-order valence-electron chi connectivity index (χ0n) is 23.2. The van der Waals surface area contributed by atoms with E-state index >= 15 is 0 Å². The summed E-state index contributed by atoms with van der Waals surface area (Å²) in [5.41, 5.74) is 1.91. The molecule has 0 aliphatic rings. The molecule has 1 amide bonds. The Morgan fingerprint density at radius 2 is 1.51 bits per heavy atom. The number of anilines is 2. The highest BCUT2D eigenvalue weighted by Crippen LogP contribution is 2.28. The van der Waals surface area contributed by atoms with Crippen LogP contribution in [-0.2, 0) is 20.2 Å². The summed E-state index contributed by atoms with van der Waals surface area (Å²) in [6.45, 7) is 5.56. The molecule has 0 saturated heterocycles. The van der Waals surface area contributed by atoms with Gasteiger partial charge in [0, 0.05) is 16.8 Å². The molecule has 4 rings (SSSR count). The quantitative estimate of drug-likeness (QED) is 0.241. The predicted octanol–water partition coefficient (Wildman–Crippen LogP) is 6.20. The second-order valence-electron chi connectivity index (χ2n) is 10.4. The number of hydrogen-bond donors (Lipinski definition) is 1. The molecule has 0 unspecified atom stereocenters. The molecule has 0 bridgehead atoms. The van der Waals surface area contributed by atoms with Crippen LogP contribution in [0.4, 0.5) is 15.8 Å². The molecular weight excluding hydrogens is 543 g/mol. The molecule has 4 aromatic carbocycles. The van der Waals surface area contributed by atoms with Crippen LogP contribution in [0.2, 0.25) is 0 Å². The molecule has 0 heterocycles. The van der Waals surface area contributed by atoms with Crippen molar-refractivity contribution in [3.63, 3.8) is 0 Å². The maximum Gasteiger partial charge on any atom is 0.264 e. The summed E-state index contributed by atoms with van der Waals surface area (Å²) in [5, 5.41) is 2.64. The van der Waals surface area contributed by atoms with Crippen LogP contribution in [0.25, 0.3) is 0 Å². The van der Waals surface area contributed by atoms with E-state index in [2.05, 4.69) is 26.1 Å². The highest BCUT2D eigenvalue weighted by atomic mass is 32.2. The van der Waals surface area contributed by atoms with Gasteiger partial charge in [-0.1, -0.05) is 69.3 Å². The van der Waals surface area contributed by atoms with Gasteiger partial charge in [0.15, 0.2) is 5.78 Å². The number of para-hydroxylation sites is 1. The largest absolute Gasteiger partial charge is 0.497 e. The number of halogens is 1. The Morgan fingerprint density at radius 1 is 0.854 bits per heavy atom. The second kappa shape index (κ2) is 11.9. The van der Waals surface area contributed by atoms with Gasteiger partial charge in [-0.15, -0.1) is 0 Å². The van der Waals surface area contributed by atoms with Crippen LogP contribution in [-0.4, -0.2) is 33.8 Å². The molecule has 7 nitrogen and oxygen atoms in total. The lowest BCUT2D eigenvalue weighted by atomic mass is 9.86. The third kappa shape index (κ3) is 6.81. The molecule has 0 aliphatic carbocycles. The van der Waals surface area contributed by atoms with Crippen molar-refractivity contribution in [1.82, 2.24) is 0 Å². The molecule has 0 spiro atoms. The lowest BCUT2D eigenvalue weighted by Crippen LogP contribution is -2.38. The van der Waals surface area contributed by atoms with Crippen molar-refractivity contribution in [1.29, 1.82) is 0 Å². The van der Waals surface area contributed by atoms with Crippen LogP contribution in [0.3, 0.4) is 0 Å². The van der Waals surface area contributed by atoms with Gasteiger partial charge >= 0.3 is 0 Å². The van der Waals surface area contributed by atoms with Gasteiger partial charge in [0.25, 0.3) is 10.0 Å². The molecule has 212 valence electrons. The zero-order valence-corrected chi connectivity index (χ0v) is 24.0. The van der Waals surface area contributed by atoms with E-state index in [1.807, 2.05) is 12.1 Å². The Morgan fingerprint density at radius 3 is 2.12 bits per heavy atom. The minimum absolute atomic E-state index is 0.0524. The first kappa shape index (κ1) is 29.5. The molecule has 0 atom stereocenters. The smallest absolute Gasteiger partial charge is 0.264 e. The van der Waals surface area contributed by atoms with Crippen molar-refractivity contribution in [2.24, 2.45) is 0 Å². The van der Waals surface area contributed by atoms with Crippen molar-refractivity contribution >= 4 is 33.1 Å². The first-order valence-electron chi connectivity index (χ1n) is 12.9. The monoisotopic (exact) mass is 574 g/mol. The average Bonchev–Trinajstić information content (AvgIpc) is 2.95. The minimum atomic E-state index is -4.34. The second-order valence-corrected chi connectivity index (χ2v) is 12.3. The molecule has 9 heteroatoms. The van der Waals surface area contributed by atoms with Gasteiger partial charge < -0.3 is 10.1 Å². The predicted molar refractivity (Wildman–Crippen MR) is 158 cm³/mol. The fraction of sp³-hybridized carbons (Fsp3) is 0.188. The zero-order chi connectivity index (χ0) is 29.8. The van der Waals surface area contributed by atoms with E-state index in [0.717, 1.165) is 11.6 Å². The van der Waals surface area contributed by atoms with E-state index in [1.54, 1.807) is 30.3 Å². The molecule has 41 heavy (non-hydrogen) atoms. The SMILES string of the molecule is COc1ccc(S(=O)(=O)N(CC(=O)Nc2cccc(C(=O)c3ccc(C(C)(C)C)cc3)c2)c2ccccc2F)cc1. The number of hydrogen-bond acceptors (Lipinski definition) is 5. The summed E-state index contributed by atoms with van der Waals surface area (Å²) in [7, 11) is -2.89. The lowest BCUT2D eigenvalue weighted by Gasteiger charge is -2.24. The third-order valence-electron chi connectivity index (χ3n) is 6.48. The maximum absolute atomic E-state index is 14.8. The van der Waals surface area contributed by atoms with Gasteiger partial charge in [-0.25, -0.2) is 12.8 Å². The summed E-state index contributed by atoms with van der Waals surface area (Å²) < 4.78 is 47.7. The average molecular weight is 575 g/mol. The summed E-state index contributed by atoms with van der Waals surface area (Å²) in [6.07, 6.45) is 0. The standard InChI is InChI=1S/C32H31FN2O5S/c1-32(2,3)24-14-12-22(13-15-24)31(37)23-8-7-9-25(20-23)34-30(36)21-35(29-11-6-5-10-28(29)33)41(38,39)27-18-16-26(40-4)17-19-27/h5-20H,21H2,1-4H3,(H,34,36). The van der Waals surface area contributed by atoms with Crippen molar-refractivity contribution < 1.29 is 27.1 Å². The number of nitrogens with zero attached hydrogens (tertiary/aromatic N) is 1. The summed E-state index contributed by atoms with van der Waals surface area (Å²) in [5.74, 6) is -1.30. The molecule has 0 aromatic heterocycles. The van der Waals surface area contributed by atoms with Crippen molar-refractivity contribution in [2.45, 2.75) is 31.1 Å². The van der Waals surface area contributed by atoms with Crippen molar-refractivity contribution in [3.05, 3.63) is 120 Å². The molecule has 4 aromatic rings. The Balaban J connectivity index is 1.57. The van der Waals surface area contributed by atoms with E-state index in [9.17, 15) is 22.4 Å². The van der Waals surface area contributed by atoms with Crippen LogP contribution in [0, 0.1) is 5.82 Å². The molecular formula is C32H31FN2O5S. The van der Waals surface area contributed by atoms with Gasteiger partial charge in [0.2, 0.25) is 5.91 Å². The Bertz CT molecular complexity index is 1660. The van der Waals surface area contributed by atoms with Crippen molar-refractivity contribution in [2.75, 3.05) is 23.3 Å². The van der Waals surface area contributed by atoms with Crippen LogP contribution in [0.5, 0.6) is 5.75 Å². The Kier molecular flexibility index (Phi) is 8.58. The van der Waals surface area contributed by atoms with Gasteiger partial charge in [-0.3, -0.25) is 13.9 Å². The van der Waals surface area contributed by atoms with Crippen LogP contribution < -0.4 is 14.4 Å². The number of amides is 1. The number of ether oxygens (including phenoxy) is 1.